The molecule has 0 fully saturated rings. The Morgan fingerprint density at radius 3 is 2.89 bits per heavy atom. The minimum absolute atomic E-state index is 0.306. The highest BCUT2D eigenvalue weighted by atomic mass is 32.2. The molecule has 0 heterocycles. The highest BCUT2D eigenvalue weighted by Gasteiger charge is 1.92. The second-order valence-electron chi connectivity index (χ2n) is 1.06. The minimum atomic E-state index is 0.306. The van der Waals surface area contributed by atoms with Crippen molar-refractivity contribution < 1.29 is 4.79 Å². The Hall–Kier alpha value is -0.750. The van der Waals surface area contributed by atoms with Gasteiger partial charge >= 0.3 is 0 Å². The predicted molar refractivity (Wildman–Crippen MR) is 37.5 cm³/mol. The summed E-state index contributed by atoms with van der Waals surface area (Å²) in [4.78, 5) is 9.76. The molecule has 0 aliphatic rings. The molecule has 0 radical (unpaired) electrons. The van der Waals surface area contributed by atoms with Crippen molar-refractivity contribution in [3.05, 3.63) is 0 Å². The number of amidine groups is 1. The summed E-state index contributed by atoms with van der Waals surface area (Å²) in [7, 11) is 0. The van der Waals surface area contributed by atoms with Gasteiger partial charge in [-0.25, -0.2) is 5.84 Å². The van der Waals surface area contributed by atoms with Gasteiger partial charge in [-0.05, 0) is 0 Å². The molecule has 0 aliphatic carbocycles. The SMILES string of the molecule is N/N=C(\NN)SCC=O. The summed E-state index contributed by atoms with van der Waals surface area (Å²) in [6.07, 6.45) is 0.743. The molecule has 0 saturated carbocycles. The van der Waals surface area contributed by atoms with Gasteiger partial charge in [0.05, 0.1) is 5.75 Å². The molecule has 0 saturated heterocycles. The van der Waals surface area contributed by atoms with E-state index in [9.17, 15) is 4.79 Å². The van der Waals surface area contributed by atoms with E-state index in [1.54, 1.807) is 0 Å². The summed E-state index contributed by atoms with van der Waals surface area (Å²) < 4.78 is 0. The second kappa shape index (κ2) is 5.39. The number of nitrogens with one attached hydrogen (secondary N) is 1. The van der Waals surface area contributed by atoms with Gasteiger partial charge in [-0.3, -0.25) is 0 Å². The fourth-order valence-electron chi connectivity index (χ4n) is 0.229. The third kappa shape index (κ3) is 3.80. The van der Waals surface area contributed by atoms with E-state index < -0.39 is 0 Å². The molecule has 0 amide bonds. The summed E-state index contributed by atoms with van der Waals surface area (Å²) >= 11 is 1.14. The average molecular weight is 148 g/mol. The molecule has 0 bridgehead atoms. The van der Waals surface area contributed by atoms with Gasteiger partial charge in [0, 0.05) is 0 Å². The molecule has 0 spiro atoms. The normalized spacial score (nSPS) is 11.0. The van der Waals surface area contributed by atoms with Crippen LogP contribution in [0.15, 0.2) is 5.10 Å². The predicted octanol–water partition coefficient (Wildman–Crippen LogP) is -1.39. The molecule has 9 heavy (non-hydrogen) atoms. The zero-order valence-corrected chi connectivity index (χ0v) is 5.52. The zero-order valence-electron chi connectivity index (χ0n) is 4.70. The Balaban J connectivity index is 3.44. The lowest BCUT2D eigenvalue weighted by atomic mass is 10.9. The smallest absolute Gasteiger partial charge is 0.194 e. The van der Waals surface area contributed by atoms with Crippen LogP contribution in [0.2, 0.25) is 0 Å². The first-order valence-electron chi connectivity index (χ1n) is 2.16. The Morgan fingerprint density at radius 1 is 1.89 bits per heavy atom. The van der Waals surface area contributed by atoms with Crippen LogP contribution in [0, 0.1) is 0 Å². The van der Waals surface area contributed by atoms with E-state index in [1.807, 2.05) is 0 Å². The van der Waals surface area contributed by atoms with E-state index >= 15 is 0 Å². The van der Waals surface area contributed by atoms with Crippen LogP contribution < -0.4 is 17.1 Å². The summed E-state index contributed by atoms with van der Waals surface area (Å²) in [5.41, 5.74) is 2.22. The molecule has 5 nitrogen and oxygen atoms in total. The molecule has 0 aromatic rings. The van der Waals surface area contributed by atoms with Crippen LogP contribution in [0.4, 0.5) is 0 Å². The van der Waals surface area contributed by atoms with Gasteiger partial charge in [0.2, 0.25) is 0 Å². The third-order valence-corrected chi connectivity index (χ3v) is 1.33. The van der Waals surface area contributed by atoms with Gasteiger partial charge < -0.3 is 16.1 Å². The van der Waals surface area contributed by atoms with Crippen molar-refractivity contribution in [1.82, 2.24) is 5.43 Å². The number of thioether (sulfide) groups is 1. The lowest BCUT2D eigenvalue weighted by Gasteiger charge is -1.97. The van der Waals surface area contributed by atoms with Crippen molar-refractivity contribution in [2.45, 2.75) is 0 Å². The van der Waals surface area contributed by atoms with Crippen molar-refractivity contribution in [1.29, 1.82) is 0 Å². The first-order chi connectivity index (χ1) is 4.35. The van der Waals surface area contributed by atoms with E-state index in [0.717, 1.165) is 18.0 Å². The summed E-state index contributed by atoms with van der Waals surface area (Å²) in [5.74, 6) is 10.1. The Morgan fingerprint density at radius 2 is 2.56 bits per heavy atom. The van der Waals surface area contributed by atoms with E-state index in [4.69, 9.17) is 11.7 Å². The summed E-state index contributed by atoms with van der Waals surface area (Å²) in [6, 6.07) is 0. The molecular formula is C3H8N4OS. The number of carbonyl (C=O) groups excluding carboxylic acids is 1. The summed E-state index contributed by atoms with van der Waals surface area (Å²) in [5, 5.41) is 3.58. The standard InChI is InChI=1S/C3H8N4OS/c4-6-3(7-5)9-2-1-8/h1H,2,4-5H2,(H,6,7). The zero-order chi connectivity index (χ0) is 7.11. The van der Waals surface area contributed by atoms with Crippen LogP contribution in [-0.4, -0.2) is 17.2 Å². The maximum Gasteiger partial charge on any atom is 0.194 e. The number of nitrogens with zero attached hydrogens (tertiary/aromatic N) is 1. The highest BCUT2D eigenvalue weighted by molar-refractivity contribution is 8.14. The molecule has 0 aromatic carbocycles. The van der Waals surface area contributed by atoms with Gasteiger partial charge in [-0.2, -0.15) is 5.10 Å². The Bertz CT molecular complexity index is 114. The summed E-state index contributed by atoms with van der Waals surface area (Å²) in [6.45, 7) is 0. The highest BCUT2D eigenvalue weighted by Crippen LogP contribution is 1.95. The van der Waals surface area contributed by atoms with Gasteiger partial charge in [0.15, 0.2) is 5.17 Å². The average Bonchev–Trinajstić information content (AvgIpc) is 1.91. The number of hydrazine groups is 1. The van der Waals surface area contributed by atoms with Crippen molar-refractivity contribution >= 4 is 23.2 Å². The number of rotatable bonds is 2. The van der Waals surface area contributed by atoms with Crippen LogP contribution >= 0.6 is 11.8 Å². The second-order valence-corrected chi connectivity index (χ2v) is 2.06. The van der Waals surface area contributed by atoms with Crippen LogP contribution in [0.25, 0.3) is 0 Å². The topological polar surface area (TPSA) is 93.5 Å². The van der Waals surface area contributed by atoms with Crippen molar-refractivity contribution in [3.63, 3.8) is 0 Å². The molecule has 6 heteroatoms. The maximum absolute atomic E-state index is 9.76. The first kappa shape index (κ1) is 8.25. The largest absolute Gasteiger partial charge is 0.321 e. The van der Waals surface area contributed by atoms with Crippen LogP contribution in [0.1, 0.15) is 0 Å². The molecular weight excluding hydrogens is 140 g/mol. The quantitative estimate of drug-likeness (QED) is 0.147. The number of nitrogens with two attached hydrogens (primary N) is 2. The maximum atomic E-state index is 9.76. The van der Waals surface area contributed by atoms with Crippen LogP contribution in [0.5, 0.6) is 0 Å². The Kier molecular flexibility index (Phi) is 4.94. The van der Waals surface area contributed by atoms with Gasteiger partial charge in [-0.1, -0.05) is 11.8 Å². The number of hydrazone groups is 1. The van der Waals surface area contributed by atoms with Gasteiger partial charge in [0.1, 0.15) is 6.29 Å². The van der Waals surface area contributed by atoms with Crippen LogP contribution in [-0.2, 0) is 4.79 Å². The van der Waals surface area contributed by atoms with E-state index in [0.29, 0.717) is 10.9 Å². The molecule has 0 aliphatic heterocycles. The van der Waals surface area contributed by atoms with Crippen LogP contribution in [0.3, 0.4) is 0 Å². The molecule has 5 N–H and O–H groups in total. The lowest BCUT2D eigenvalue weighted by Crippen LogP contribution is -2.29. The molecule has 0 rings (SSSR count). The van der Waals surface area contributed by atoms with E-state index in [2.05, 4.69) is 10.5 Å². The molecule has 0 aromatic heterocycles. The van der Waals surface area contributed by atoms with Crippen molar-refractivity contribution in [2.24, 2.45) is 16.8 Å². The number of hydrogen-bond acceptors (Lipinski definition) is 5. The number of aldehydes is 1. The monoisotopic (exact) mass is 148 g/mol. The van der Waals surface area contributed by atoms with Gasteiger partial charge in [0.25, 0.3) is 0 Å². The van der Waals surface area contributed by atoms with Crippen molar-refractivity contribution in [3.8, 4) is 0 Å². The fraction of sp³-hybridized carbons (Fsp3) is 0.333. The van der Waals surface area contributed by atoms with Crippen molar-refractivity contribution in [2.75, 3.05) is 5.75 Å². The van der Waals surface area contributed by atoms with Gasteiger partial charge in [-0.15, -0.1) is 0 Å². The third-order valence-electron chi connectivity index (χ3n) is 0.529. The molecule has 52 valence electrons. The number of carbonyl (C=O) groups is 1. The molecule has 0 atom stereocenters. The number of hydrogen-bond donors (Lipinski definition) is 3. The Labute approximate surface area is 56.8 Å². The fourth-order valence-corrected chi connectivity index (χ4v) is 0.613. The molecule has 0 unspecified atom stereocenters. The lowest BCUT2D eigenvalue weighted by molar-refractivity contribution is -0.105. The van der Waals surface area contributed by atoms with E-state index in [1.165, 1.54) is 0 Å². The first-order valence-corrected chi connectivity index (χ1v) is 3.14. The van der Waals surface area contributed by atoms with E-state index in [-0.39, 0.29) is 0 Å². The minimum Gasteiger partial charge on any atom is -0.321 e.